The summed E-state index contributed by atoms with van der Waals surface area (Å²) in [6.45, 7) is 3.79. The molecular formula is C9H19ClN2O2S. The van der Waals surface area contributed by atoms with E-state index < -0.39 is 10.2 Å². The number of halogens is 1. The van der Waals surface area contributed by atoms with Crippen molar-refractivity contribution in [1.29, 1.82) is 0 Å². The molecule has 90 valence electrons. The monoisotopic (exact) mass is 254 g/mol. The van der Waals surface area contributed by atoms with Crippen LogP contribution in [-0.2, 0) is 10.2 Å². The Kier molecular flexibility index (Phi) is 5.32. The van der Waals surface area contributed by atoms with E-state index in [4.69, 9.17) is 11.6 Å². The molecule has 0 bridgehead atoms. The molecule has 1 aliphatic rings. The van der Waals surface area contributed by atoms with Crippen molar-refractivity contribution < 1.29 is 8.42 Å². The van der Waals surface area contributed by atoms with Crippen LogP contribution in [-0.4, -0.2) is 38.2 Å². The van der Waals surface area contributed by atoms with Gasteiger partial charge in [-0.15, -0.1) is 11.6 Å². The molecule has 1 N–H and O–H groups in total. The lowest BCUT2D eigenvalue weighted by Gasteiger charge is -2.29. The van der Waals surface area contributed by atoms with Gasteiger partial charge in [0.05, 0.1) is 0 Å². The van der Waals surface area contributed by atoms with E-state index in [1.807, 2.05) is 0 Å². The minimum absolute atomic E-state index is 0.427. The normalized spacial score (nSPS) is 24.3. The lowest BCUT2D eigenvalue weighted by atomic mass is 10.0. The van der Waals surface area contributed by atoms with E-state index in [1.54, 1.807) is 0 Å². The third-order valence-electron chi connectivity index (χ3n) is 2.55. The molecule has 0 spiro atoms. The zero-order valence-electron chi connectivity index (χ0n) is 9.08. The van der Waals surface area contributed by atoms with Gasteiger partial charge in [0.15, 0.2) is 0 Å². The van der Waals surface area contributed by atoms with E-state index in [-0.39, 0.29) is 0 Å². The molecule has 1 heterocycles. The SMILES string of the molecule is CC1CCCN(S(=O)(=O)NCCCCl)C1. The Labute approximate surface area is 97.2 Å². The number of hydrogen-bond acceptors (Lipinski definition) is 2. The van der Waals surface area contributed by atoms with Crippen molar-refractivity contribution in [2.24, 2.45) is 5.92 Å². The molecule has 1 rings (SSSR count). The second-order valence-corrected chi connectivity index (χ2v) is 6.18. The van der Waals surface area contributed by atoms with E-state index in [0.717, 1.165) is 12.8 Å². The Morgan fingerprint density at radius 1 is 1.53 bits per heavy atom. The molecule has 0 aromatic heterocycles. The van der Waals surface area contributed by atoms with Gasteiger partial charge in [0.2, 0.25) is 0 Å². The second-order valence-electron chi connectivity index (χ2n) is 4.05. The van der Waals surface area contributed by atoms with Crippen molar-refractivity contribution in [1.82, 2.24) is 9.03 Å². The van der Waals surface area contributed by atoms with Gasteiger partial charge >= 0.3 is 0 Å². The predicted octanol–water partition coefficient (Wildman–Crippen LogP) is 1.18. The van der Waals surface area contributed by atoms with Crippen molar-refractivity contribution in [3.8, 4) is 0 Å². The topological polar surface area (TPSA) is 49.4 Å². The van der Waals surface area contributed by atoms with Crippen LogP contribution in [0.25, 0.3) is 0 Å². The number of alkyl halides is 1. The highest BCUT2D eigenvalue weighted by Gasteiger charge is 2.26. The maximum atomic E-state index is 11.8. The first-order valence-electron chi connectivity index (χ1n) is 5.37. The molecule has 1 fully saturated rings. The zero-order chi connectivity index (χ0) is 11.3. The first kappa shape index (κ1) is 13.2. The summed E-state index contributed by atoms with van der Waals surface area (Å²) in [6, 6.07) is 0. The van der Waals surface area contributed by atoms with E-state index >= 15 is 0 Å². The number of hydrogen-bond donors (Lipinski definition) is 1. The maximum absolute atomic E-state index is 11.8. The van der Waals surface area contributed by atoms with E-state index in [2.05, 4.69) is 11.6 Å². The fraction of sp³-hybridized carbons (Fsp3) is 1.00. The van der Waals surface area contributed by atoms with E-state index in [9.17, 15) is 8.42 Å². The largest absolute Gasteiger partial charge is 0.279 e. The molecule has 0 aromatic carbocycles. The van der Waals surface area contributed by atoms with Gasteiger partial charge in [0.25, 0.3) is 10.2 Å². The van der Waals surface area contributed by atoms with Crippen molar-refractivity contribution in [2.75, 3.05) is 25.5 Å². The molecular weight excluding hydrogens is 236 g/mol. The van der Waals surface area contributed by atoms with Crippen LogP contribution >= 0.6 is 11.6 Å². The predicted molar refractivity (Wildman–Crippen MR) is 62.2 cm³/mol. The summed E-state index contributed by atoms with van der Waals surface area (Å²) < 4.78 is 27.7. The number of rotatable bonds is 5. The number of nitrogens with one attached hydrogen (secondary N) is 1. The van der Waals surface area contributed by atoms with Gasteiger partial charge in [-0.25, -0.2) is 4.72 Å². The minimum atomic E-state index is -3.26. The molecule has 1 aliphatic heterocycles. The molecule has 6 heteroatoms. The molecule has 0 aromatic rings. The van der Waals surface area contributed by atoms with E-state index in [0.29, 0.717) is 37.9 Å². The van der Waals surface area contributed by atoms with Crippen molar-refractivity contribution >= 4 is 21.8 Å². The Bertz CT molecular complexity index is 282. The summed E-state index contributed by atoms with van der Waals surface area (Å²) in [5.41, 5.74) is 0. The zero-order valence-corrected chi connectivity index (χ0v) is 10.6. The Morgan fingerprint density at radius 2 is 2.27 bits per heavy atom. The smallest absolute Gasteiger partial charge is 0.202 e. The van der Waals surface area contributed by atoms with E-state index in [1.165, 1.54) is 4.31 Å². The van der Waals surface area contributed by atoms with Crippen LogP contribution in [0, 0.1) is 5.92 Å². The fourth-order valence-corrected chi connectivity index (χ4v) is 3.26. The average molecular weight is 255 g/mol. The standard InChI is InChI=1S/C9H19ClN2O2S/c1-9-4-2-7-12(8-9)15(13,14)11-6-3-5-10/h9,11H,2-8H2,1H3. The quantitative estimate of drug-likeness (QED) is 0.592. The highest BCUT2D eigenvalue weighted by molar-refractivity contribution is 7.87. The van der Waals surface area contributed by atoms with Gasteiger partial charge in [0.1, 0.15) is 0 Å². The van der Waals surface area contributed by atoms with Gasteiger partial charge in [-0.1, -0.05) is 6.92 Å². The highest BCUT2D eigenvalue weighted by Crippen LogP contribution is 2.17. The Morgan fingerprint density at radius 3 is 2.87 bits per heavy atom. The molecule has 1 unspecified atom stereocenters. The molecule has 0 amide bonds. The van der Waals surface area contributed by atoms with Crippen molar-refractivity contribution in [2.45, 2.75) is 26.2 Å². The van der Waals surface area contributed by atoms with Crippen LogP contribution in [0.4, 0.5) is 0 Å². The Balaban J connectivity index is 2.45. The van der Waals surface area contributed by atoms with Crippen LogP contribution in [0.3, 0.4) is 0 Å². The highest BCUT2D eigenvalue weighted by atomic mass is 35.5. The summed E-state index contributed by atoms with van der Waals surface area (Å²) in [7, 11) is -3.26. The maximum Gasteiger partial charge on any atom is 0.279 e. The summed E-state index contributed by atoms with van der Waals surface area (Å²) in [5.74, 6) is 0.946. The van der Waals surface area contributed by atoms with Crippen LogP contribution in [0.15, 0.2) is 0 Å². The third kappa shape index (κ3) is 4.26. The first-order chi connectivity index (χ1) is 7.06. The lowest BCUT2D eigenvalue weighted by Crippen LogP contribution is -2.45. The van der Waals surface area contributed by atoms with Gasteiger partial charge in [-0.3, -0.25) is 0 Å². The van der Waals surface area contributed by atoms with Crippen molar-refractivity contribution in [3.05, 3.63) is 0 Å². The number of nitrogens with zero attached hydrogens (tertiary/aromatic N) is 1. The summed E-state index contributed by atoms with van der Waals surface area (Å²) in [5, 5.41) is 0. The molecule has 4 nitrogen and oxygen atoms in total. The van der Waals surface area contributed by atoms with Crippen LogP contribution in [0.2, 0.25) is 0 Å². The first-order valence-corrected chi connectivity index (χ1v) is 7.34. The van der Waals surface area contributed by atoms with Gasteiger partial charge in [-0.2, -0.15) is 12.7 Å². The van der Waals surface area contributed by atoms with Crippen LogP contribution < -0.4 is 4.72 Å². The summed E-state index contributed by atoms with van der Waals surface area (Å²) in [4.78, 5) is 0. The van der Waals surface area contributed by atoms with Crippen LogP contribution in [0.1, 0.15) is 26.2 Å². The molecule has 15 heavy (non-hydrogen) atoms. The Hall–Kier alpha value is 0.160. The third-order valence-corrected chi connectivity index (χ3v) is 4.40. The van der Waals surface area contributed by atoms with Gasteiger partial charge in [0, 0.05) is 25.5 Å². The van der Waals surface area contributed by atoms with Crippen molar-refractivity contribution in [3.63, 3.8) is 0 Å². The molecule has 1 saturated heterocycles. The molecule has 1 atom stereocenters. The fourth-order valence-electron chi connectivity index (χ4n) is 1.72. The van der Waals surface area contributed by atoms with Gasteiger partial charge < -0.3 is 0 Å². The minimum Gasteiger partial charge on any atom is -0.202 e. The molecule has 0 aliphatic carbocycles. The second kappa shape index (κ2) is 6.03. The molecule has 0 radical (unpaired) electrons. The summed E-state index contributed by atoms with van der Waals surface area (Å²) >= 11 is 5.49. The average Bonchev–Trinajstić information content (AvgIpc) is 2.18. The summed E-state index contributed by atoms with van der Waals surface area (Å²) in [6.07, 6.45) is 2.75. The molecule has 0 saturated carbocycles. The van der Waals surface area contributed by atoms with Gasteiger partial charge in [-0.05, 0) is 25.2 Å². The van der Waals surface area contributed by atoms with Crippen LogP contribution in [0.5, 0.6) is 0 Å². The number of piperidine rings is 1. The lowest BCUT2D eigenvalue weighted by molar-refractivity contribution is 0.278.